The Kier molecular flexibility index (Phi) is 4.76. The Hall–Kier alpha value is -1.53. The van der Waals surface area contributed by atoms with Gasteiger partial charge in [-0.15, -0.1) is 0 Å². The molecule has 132 valence electrons. The third kappa shape index (κ3) is 3.44. The highest BCUT2D eigenvalue weighted by Gasteiger charge is 2.39. The van der Waals surface area contributed by atoms with Gasteiger partial charge in [-0.1, -0.05) is 0 Å². The summed E-state index contributed by atoms with van der Waals surface area (Å²) in [5, 5.41) is 3.02. The number of amides is 2. The first-order chi connectivity index (χ1) is 11.8. The second kappa shape index (κ2) is 7.15. The summed E-state index contributed by atoms with van der Waals surface area (Å²) < 4.78 is 10.8. The molecule has 1 aromatic rings. The molecule has 2 bridgehead atoms. The molecule has 6 nitrogen and oxygen atoms in total. The molecule has 2 atom stereocenters. The molecular formula is C18H27N3O3. The Balaban J connectivity index is 1.38. The van der Waals surface area contributed by atoms with Gasteiger partial charge in [0.15, 0.2) is 0 Å². The maximum atomic E-state index is 12.7. The summed E-state index contributed by atoms with van der Waals surface area (Å²) in [5.41, 5.74) is 0. The summed E-state index contributed by atoms with van der Waals surface area (Å²) in [4.78, 5) is 17.3. The van der Waals surface area contributed by atoms with Crippen LogP contribution in [0.15, 0.2) is 22.8 Å². The Morgan fingerprint density at radius 3 is 2.79 bits per heavy atom. The van der Waals surface area contributed by atoms with Gasteiger partial charge < -0.3 is 19.4 Å². The van der Waals surface area contributed by atoms with Gasteiger partial charge in [0, 0.05) is 44.9 Å². The fraction of sp³-hybridized carbons (Fsp3) is 0.722. The average Bonchev–Trinajstić information content (AvgIpc) is 2.98. The summed E-state index contributed by atoms with van der Waals surface area (Å²) in [5.74, 6) is 1.40. The van der Waals surface area contributed by atoms with Crippen molar-refractivity contribution in [2.24, 2.45) is 5.92 Å². The monoisotopic (exact) mass is 333 g/mol. The van der Waals surface area contributed by atoms with Gasteiger partial charge in [0.1, 0.15) is 5.76 Å². The van der Waals surface area contributed by atoms with Gasteiger partial charge in [0.25, 0.3) is 0 Å². The molecule has 2 amide bonds. The minimum Gasteiger partial charge on any atom is -0.467 e. The van der Waals surface area contributed by atoms with E-state index in [4.69, 9.17) is 9.15 Å². The molecule has 5 rings (SSSR count). The van der Waals surface area contributed by atoms with Gasteiger partial charge in [-0.05, 0) is 43.7 Å². The fourth-order valence-electron chi connectivity index (χ4n) is 4.39. The number of rotatable bonds is 3. The van der Waals surface area contributed by atoms with Crippen molar-refractivity contribution in [2.45, 2.75) is 44.3 Å². The van der Waals surface area contributed by atoms with Crippen molar-refractivity contribution >= 4 is 6.03 Å². The number of carbonyl (C=O) groups excluding carboxylic acids is 1. The lowest BCUT2D eigenvalue weighted by Gasteiger charge is -2.37. The molecule has 4 aliphatic heterocycles. The van der Waals surface area contributed by atoms with Gasteiger partial charge in [0.2, 0.25) is 0 Å². The fourth-order valence-corrected chi connectivity index (χ4v) is 4.39. The molecule has 4 saturated heterocycles. The van der Waals surface area contributed by atoms with E-state index in [1.165, 1.54) is 6.42 Å². The summed E-state index contributed by atoms with van der Waals surface area (Å²) in [6.07, 6.45) is 6.26. The van der Waals surface area contributed by atoms with Crippen LogP contribution in [-0.2, 0) is 11.3 Å². The van der Waals surface area contributed by atoms with Crippen molar-refractivity contribution < 1.29 is 13.9 Å². The van der Waals surface area contributed by atoms with E-state index in [0.717, 1.165) is 57.9 Å². The maximum Gasteiger partial charge on any atom is 0.318 e. The lowest BCUT2D eigenvalue weighted by Crippen LogP contribution is -2.51. The van der Waals surface area contributed by atoms with E-state index < -0.39 is 0 Å². The minimum absolute atomic E-state index is 0.0509. The number of nitrogens with one attached hydrogen (secondary N) is 1. The number of hydrogen-bond acceptors (Lipinski definition) is 4. The van der Waals surface area contributed by atoms with E-state index in [0.29, 0.717) is 24.5 Å². The number of carbonyl (C=O) groups is 1. The third-order valence-electron chi connectivity index (χ3n) is 5.70. The van der Waals surface area contributed by atoms with Gasteiger partial charge in [-0.3, -0.25) is 4.90 Å². The number of nitrogens with zero attached hydrogens (tertiary/aromatic N) is 2. The van der Waals surface area contributed by atoms with Gasteiger partial charge in [-0.25, -0.2) is 4.79 Å². The number of hydrogen-bond donors (Lipinski definition) is 1. The molecule has 5 heterocycles. The Morgan fingerprint density at radius 1 is 1.12 bits per heavy atom. The lowest BCUT2D eigenvalue weighted by molar-refractivity contribution is 0.0315. The molecule has 4 fully saturated rings. The van der Waals surface area contributed by atoms with Crippen LogP contribution in [-0.4, -0.2) is 60.8 Å². The highest BCUT2D eigenvalue weighted by molar-refractivity contribution is 5.74. The van der Waals surface area contributed by atoms with Crippen molar-refractivity contribution in [1.29, 1.82) is 0 Å². The summed E-state index contributed by atoms with van der Waals surface area (Å²) in [6.45, 7) is 5.24. The zero-order chi connectivity index (χ0) is 16.4. The number of ether oxygens (including phenoxy) is 1. The van der Waals surface area contributed by atoms with Crippen LogP contribution < -0.4 is 5.32 Å². The summed E-state index contributed by atoms with van der Waals surface area (Å²) in [6, 6.07) is 4.76. The van der Waals surface area contributed by atoms with Crippen LogP contribution in [0.2, 0.25) is 0 Å². The van der Waals surface area contributed by atoms with Crippen LogP contribution >= 0.6 is 0 Å². The van der Waals surface area contributed by atoms with Crippen LogP contribution in [0.5, 0.6) is 0 Å². The molecule has 0 saturated carbocycles. The van der Waals surface area contributed by atoms with Crippen LogP contribution in [0.1, 0.15) is 31.4 Å². The predicted octanol–water partition coefficient (Wildman–Crippen LogP) is 2.06. The van der Waals surface area contributed by atoms with Crippen LogP contribution in [0.4, 0.5) is 4.79 Å². The molecule has 4 aliphatic rings. The molecule has 0 aromatic carbocycles. The van der Waals surface area contributed by atoms with Crippen molar-refractivity contribution in [2.75, 3.05) is 32.8 Å². The third-order valence-corrected chi connectivity index (χ3v) is 5.70. The Morgan fingerprint density at radius 2 is 2.00 bits per heavy atom. The minimum atomic E-state index is 0.0509. The average molecular weight is 333 g/mol. The highest BCUT2D eigenvalue weighted by Crippen LogP contribution is 2.30. The molecule has 0 radical (unpaired) electrons. The first-order valence-corrected chi connectivity index (χ1v) is 9.18. The summed E-state index contributed by atoms with van der Waals surface area (Å²) in [7, 11) is 0. The normalized spacial score (nSPS) is 28.8. The number of piperidine rings is 1. The number of furan rings is 1. The van der Waals surface area contributed by atoms with Crippen molar-refractivity contribution in [3.63, 3.8) is 0 Å². The quantitative estimate of drug-likeness (QED) is 0.920. The van der Waals surface area contributed by atoms with E-state index in [9.17, 15) is 4.79 Å². The second-order valence-electron chi connectivity index (χ2n) is 7.29. The number of urea groups is 1. The van der Waals surface area contributed by atoms with Crippen LogP contribution in [0.3, 0.4) is 0 Å². The molecule has 6 heteroatoms. The van der Waals surface area contributed by atoms with E-state index in [1.54, 1.807) is 6.26 Å². The number of fused-ring (bicyclic) bond motifs is 4. The molecule has 24 heavy (non-hydrogen) atoms. The van der Waals surface area contributed by atoms with Crippen molar-refractivity contribution in [3.05, 3.63) is 24.2 Å². The largest absolute Gasteiger partial charge is 0.467 e. The smallest absolute Gasteiger partial charge is 0.318 e. The van der Waals surface area contributed by atoms with Crippen molar-refractivity contribution in [3.8, 4) is 0 Å². The van der Waals surface area contributed by atoms with Crippen LogP contribution in [0, 0.1) is 5.92 Å². The first kappa shape index (κ1) is 16.0. The summed E-state index contributed by atoms with van der Waals surface area (Å²) >= 11 is 0. The van der Waals surface area contributed by atoms with E-state index in [1.807, 2.05) is 12.1 Å². The highest BCUT2D eigenvalue weighted by atomic mass is 16.5. The predicted molar refractivity (Wildman–Crippen MR) is 89.6 cm³/mol. The first-order valence-electron chi connectivity index (χ1n) is 9.18. The van der Waals surface area contributed by atoms with Gasteiger partial charge in [-0.2, -0.15) is 0 Å². The second-order valence-corrected chi connectivity index (χ2v) is 7.29. The van der Waals surface area contributed by atoms with E-state index >= 15 is 0 Å². The maximum absolute atomic E-state index is 12.7. The standard InChI is InChI=1S/C18H27N3O3/c22-18(19-10-17-2-1-7-24-17)21-12-14-3-4-16(21)13-20(11-14)15-5-8-23-9-6-15/h1-2,7,14-16H,3-6,8-13H2,(H,19,22)/t14-,16+/m0/s1. The Bertz CT molecular complexity index is 542. The van der Waals surface area contributed by atoms with Crippen LogP contribution in [0.25, 0.3) is 0 Å². The molecule has 0 aliphatic carbocycles. The topological polar surface area (TPSA) is 58.0 Å². The molecule has 1 N–H and O–H groups in total. The Labute approximate surface area is 143 Å². The zero-order valence-electron chi connectivity index (χ0n) is 14.2. The van der Waals surface area contributed by atoms with Gasteiger partial charge >= 0.3 is 6.03 Å². The van der Waals surface area contributed by atoms with E-state index in [-0.39, 0.29) is 6.03 Å². The van der Waals surface area contributed by atoms with Crippen molar-refractivity contribution in [1.82, 2.24) is 15.1 Å². The zero-order valence-corrected chi connectivity index (χ0v) is 14.2. The molecule has 0 unspecified atom stereocenters. The molecule has 1 aromatic heterocycles. The lowest BCUT2D eigenvalue weighted by atomic mass is 9.95. The molecule has 0 spiro atoms. The molecular weight excluding hydrogens is 306 g/mol. The van der Waals surface area contributed by atoms with E-state index in [2.05, 4.69) is 15.1 Å². The SMILES string of the molecule is O=C(NCc1ccco1)N1C[C@H]2CC[C@@H]1CN(C1CCOCC1)C2. The van der Waals surface area contributed by atoms with Gasteiger partial charge in [0.05, 0.1) is 12.8 Å².